The summed E-state index contributed by atoms with van der Waals surface area (Å²) in [4.78, 5) is 0. The lowest BCUT2D eigenvalue weighted by Crippen LogP contribution is -2.39. The Morgan fingerprint density at radius 1 is 0.929 bits per heavy atom. The molecule has 3 nitrogen and oxygen atoms in total. The fourth-order valence-electron chi connectivity index (χ4n) is 3.25. The second kappa shape index (κ2) is 3.81. The Balaban J connectivity index is 2.17. The predicted molar refractivity (Wildman–Crippen MR) is 54.6 cm³/mol. The van der Waals surface area contributed by atoms with E-state index in [0.29, 0.717) is 12.3 Å². The van der Waals surface area contributed by atoms with Crippen LogP contribution in [0.4, 0.5) is 0 Å². The normalized spacial score (nSPS) is 39.1. The van der Waals surface area contributed by atoms with Crippen molar-refractivity contribution in [3.63, 3.8) is 0 Å². The van der Waals surface area contributed by atoms with Crippen molar-refractivity contribution in [2.24, 2.45) is 11.8 Å². The van der Waals surface area contributed by atoms with Crippen molar-refractivity contribution in [2.75, 3.05) is 0 Å². The van der Waals surface area contributed by atoms with E-state index in [-0.39, 0.29) is 5.92 Å². The SMILES string of the molecule is O=S(=O)(O)C1CCCC2CCCCC21. The van der Waals surface area contributed by atoms with Crippen molar-refractivity contribution in [1.82, 2.24) is 0 Å². The first-order valence-corrected chi connectivity index (χ1v) is 7.05. The third kappa shape index (κ3) is 1.96. The maximum Gasteiger partial charge on any atom is 0.268 e. The highest BCUT2D eigenvalue weighted by Gasteiger charge is 2.40. The summed E-state index contributed by atoms with van der Waals surface area (Å²) in [5.41, 5.74) is 0. The molecule has 0 aromatic heterocycles. The quantitative estimate of drug-likeness (QED) is 0.687. The van der Waals surface area contributed by atoms with Gasteiger partial charge < -0.3 is 0 Å². The fourth-order valence-corrected chi connectivity index (χ4v) is 4.51. The van der Waals surface area contributed by atoms with Crippen molar-refractivity contribution >= 4 is 10.1 Å². The molecule has 0 aromatic rings. The zero-order valence-electron chi connectivity index (χ0n) is 8.35. The van der Waals surface area contributed by atoms with Crippen molar-refractivity contribution in [3.8, 4) is 0 Å². The predicted octanol–water partition coefficient (Wildman–Crippen LogP) is 2.23. The van der Waals surface area contributed by atoms with E-state index in [1.807, 2.05) is 0 Å². The van der Waals surface area contributed by atoms with E-state index in [0.717, 1.165) is 32.1 Å². The van der Waals surface area contributed by atoms with Gasteiger partial charge in [-0.15, -0.1) is 0 Å². The molecule has 2 aliphatic carbocycles. The first-order chi connectivity index (χ1) is 6.59. The van der Waals surface area contributed by atoms with Crippen LogP contribution in [0.2, 0.25) is 0 Å². The van der Waals surface area contributed by atoms with Gasteiger partial charge in [0.05, 0.1) is 5.25 Å². The highest BCUT2D eigenvalue weighted by molar-refractivity contribution is 7.86. The molecule has 14 heavy (non-hydrogen) atoms. The summed E-state index contributed by atoms with van der Waals surface area (Å²) < 4.78 is 31.5. The van der Waals surface area contributed by atoms with Crippen LogP contribution in [-0.2, 0) is 10.1 Å². The molecule has 4 heteroatoms. The molecule has 0 radical (unpaired) electrons. The van der Waals surface area contributed by atoms with Gasteiger partial charge in [0.25, 0.3) is 10.1 Å². The number of fused-ring (bicyclic) bond motifs is 1. The highest BCUT2D eigenvalue weighted by Crippen LogP contribution is 2.42. The van der Waals surface area contributed by atoms with Gasteiger partial charge in [0, 0.05) is 0 Å². The molecule has 1 N–H and O–H groups in total. The number of hydrogen-bond donors (Lipinski definition) is 1. The lowest BCUT2D eigenvalue weighted by molar-refractivity contribution is 0.169. The summed E-state index contributed by atoms with van der Waals surface area (Å²) in [6.07, 6.45) is 7.32. The van der Waals surface area contributed by atoms with Crippen LogP contribution in [0.3, 0.4) is 0 Å². The zero-order chi connectivity index (χ0) is 10.2. The minimum absolute atomic E-state index is 0.243. The van der Waals surface area contributed by atoms with Crippen LogP contribution in [0.1, 0.15) is 44.9 Å². The van der Waals surface area contributed by atoms with E-state index in [1.54, 1.807) is 0 Å². The van der Waals surface area contributed by atoms with Crippen LogP contribution >= 0.6 is 0 Å². The molecule has 82 valence electrons. The maximum atomic E-state index is 11.2. The van der Waals surface area contributed by atoms with Gasteiger partial charge in [-0.3, -0.25) is 4.55 Å². The molecule has 0 amide bonds. The van der Waals surface area contributed by atoms with Crippen molar-refractivity contribution < 1.29 is 13.0 Å². The molecule has 2 saturated carbocycles. The first kappa shape index (κ1) is 10.4. The van der Waals surface area contributed by atoms with Gasteiger partial charge in [-0.1, -0.05) is 32.1 Å². The Morgan fingerprint density at radius 2 is 1.57 bits per heavy atom. The van der Waals surface area contributed by atoms with Gasteiger partial charge in [0.15, 0.2) is 0 Å². The minimum atomic E-state index is -3.80. The molecule has 0 heterocycles. The molecule has 0 saturated heterocycles. The Hall–Kier alpha value is -0.0900. The Morgan fingerprint density at radius 3 is 2.29 bits per heavy atom. The van der Waals surface area contributed by atoms with Crippen LogP contribution in [0.15, 0.2) is 0 Å². The van der Waals surface area contributed by atoms with Gasteiger partial charge in [-0.2, -0.15) is 8.42 Å². The van der Waals surface area contributed by atoms with Crippen molar-refractivity contribution in [3.05, 3.63) is 0 Å². The fraction of sp³-hybridized carbons (Fsp3) is 1.00. The van der Waals surface area contributed by atoms with Crippen LogP contribution < -0.4 is 0 Å². The molecule has 0 bridgehead atoms. The average Bonchev–Trinajstić information content (AvgIpc) is 2.15. The molecule has 0 aliphatic heterocycles. The van der Waals surface area contributed by atoms with Gasteiger partial charge in [-0.05, 0) is 24.7 Å². The largest absolute Gasteiger partial charge is 0.285 e. The zero-order valence-corrected chi connectivity index (χ0v) is 9.17. The molecule has 2 aliphatic rings. The second-order valence-corrected chi connectivity index (χ2v) is 6.33. The monoisotopic (exact) mass is 218 g/mol. The van der Waals surface area contributed by atoms with E-state index in [1.165, 1.54) is 6.42 Å². The first-order valence-electron chi connectivity index (χ1n) is 5.55. The average molecular weight is 218 g/mol. The van der Waals surface area contributed by atoms with Gasteiger partial charge in [0.2, 0.25) is 0 Å². The summed E-state index contributed by atoms with van der Waals surface area (Å²) in [6, 6.07) is 0. The summed E-state index contributed by atoms with van der Waals surface area (Å²) in [5, 5.41) is -0.457. The van der Waals surface area contributed by atoms with Gasteiger partial charge in [-0.25, -0.2) is 0 Å². The van der Waals surface area contributed by atoms with E-state index < -0.39 is 15.4 Å². The van der Waals surface area contributed by atoms with Crippen LogP contribution in [-0.4, -0.2) is 18.2 Å². The summed E-state index contributed by atoms with van der Waals surface area (Å²) >= 11 is 0. The Kier molecular flexibility index (Phi) is 2.84. The molecule has 0 spiro atoms. The third-order valence-corrected chi connectivity index (χ3v) is 5.24. The van der Waals surface area contributed by atoms with Gasteiger partial charge >= 0.3 is 0 Å². The summed E-state index contributed by atoms with van der Waals surface area (Å²) in [6.45, 7) is 0. The lowest BCUT2D eigenvalue weighted by Gasteiger charge is -2.39. The summed E-state index contributed by atoms with van der Waals surface area (Å²) in [5.74, 6) is 0.803. The topological polar surface area (TPSA) is 54.4 Å². The van der Waals surface area contributed by atoms with Crippen molar-refractivity contribution in [1.29, 1.82) is 0 Å². The van der Waals surface area contributed by atoms with Gasteiger partial charge in [0.1, 0.15) is 0 Å². The van der Waals surface area contributed by atoms with Crippen LogP contribution in [0.5, 0.6) is 0 Å². The third-order valence-electron chi connectivity index (χ3n) is 3.89. The molecule has 0 aromatic carbocycles. The second-order valence-electron chi connectivity index (χ2n) is 4.69. The Bertz CT molecular complexity index is 294. The highest BCUT2D eigenvalue weighted by atomic mass is 32.2. The van der Waals surface area contributed by atoms with Crippen LogP contribution in [0.25, 0.3) is 0 Å². The minimum Gasteiger partial charge on any atom is -0.285 e. The molecule has 2 fully saturated rings. The molecule has 3 atom stereocenters. The Labute approximate surface area is 85.6 Å². The van der Waals surface area contributed by atoms with E-state index in [2.05, 4.69) is 0 Å². The van der Waals surface area contributed by atoms with E-state index in [9.17, 15) is 8.42 Å². The maximum absolute atomic E-state index is 11.2. The van der Waals surface area contributed by atoms with Crippen LogP contribution in [0, 0.1) is 11.8 Å². The van der Waals surface area contributed by atoms with E-state index in [4.69, 9.17) is 4.55 Å². The molecule has 3 unspecified atom stereocenters. The van der Waals surface area contributed by atoms with E-state index >= 15 is 0 Å². The number of hydrogen-bond acceptors (Lipinski definition) is 2. The molecular formula is C10H18O3S. The number of rotatable bonds is 1. The van der Waals surface area contributed by atoms with Crippen molar-refractivity contribution in [2.45, 2.75) is 50.2 Å². The molecular weight excluding hydrogens is 200 g/mol. The smallest absolute Gasteiger partial charge is 0.268 e. The molecule has 2 rings (SSSR count). The lowest BCUT2D eigenvalue weighted by atomic mass is 9.71. The summed E-state index contributed by atoms with van der Waals surface area (Å²) in [7, 11) is -3.80. The standard InChI is InChI=1S/C10H18O3S/c11-14(12,13)10-7-3-5-8-4-1-2-6-9(8)10/h8-10H,1-7H2,(H,11,12,13).